The van der Waals surface area contributed by atoms with E-state index >= 15 is 0 Å². The van der Waals surface area contributed by atoms with Gasteiger partial charge in [0, 0.05) is 0 Å². The molecule has 0 aliphatic rings. The predicted molar refractivity (Wildman–Crippen MR) is 32.7 cm³/mol. The lowest BCUT2D eigenvalue weighted by atomic mass is 10.5. The van der Waals surface area contributed by atoms with E-state index in [0.717, 1.165) is 0 Å². The van der Waals surface area contributed by atoms with Gasteiger partial charge in [0.1, 0.15) is 0 Å². The van der Waals surface area contributed by atoms with Crippen LogP contribution in [0.2, 0.25) is 0 Å². The third kappa shape index (κ3) is 10.7. The molecule has 0 aromatic rings. The molecule has 0 fully saturated rings. The van der Waals surface area contributed by atoms with Crippen LogP contribution in [0.25, 0.3) is 0 Å². The van der Waals surface area contributed by atoms with Gasteiger partial charge in [0.05, 0.1) is 12.0 Å². The van der Waals surface area contributed by atoms with E-state index in [9.17, 15) is 0 Å². The fourth-order valence-electron chi connectivity index (χ4n) is 0.133. The van der Waals surface area contributed by atoms with Gasteiger partial charge in [-0.2, -0.15) is 0 Å². The van der Waals surface area contributed by atoms with Gasteiger partial charge in [0.2, 0.25) is 0 Å². The van der Waals surface area contributed by atoms with Crippen LogP contribution in [0.15, 0.2) is 0 Å². The first-order valence-electron chi connectivity index (χ1n) is 1.73. The summed E-state index contributed by atoms with van der Waals surface area (Å²) < 4.78 is 0. The Morgan fingerprint density at radius 3 is 2.29 bits per heavy atom. The van der Waals surface area contributed by atoms with Crippen LogP contribution in [-0.4, -0.2) is 12.0 Å². The highest BCUT2D eigenvalue weighted by Gasteiger charge is 1.89. The third-order valence-electron chi connectivity index (χ3n) is 0.326. The molecule has 0 aliphatic carbocycles. The lowest BCUT2D eigenvalue weighted by Crippen LogP contribution is -2.08. The molecule has 0 spiro atoms. The summed E-state index contributed by atoms with van der Waals surface area (Å²) in [5, 5.41) is 0.0231. The van der Waals surface area contributed by atoms with Gasteiger partial charge in [-0.1, -0.05) is 0 Å². The Hall–Kier alpha value is 0.500. The number of hydrogen-bond donors (Lipinski definition) is 1. The monoisotopic (exact) mass is 145 g/mol. The van der Waals surface area contributed by atoms with Gasteiger partial charge in [-0.3, -0.25) is 0 Å². The molecular weight excluding hydrogens is 137 g/mol. The maximum Gasteiger partial charge on any atom is 0.0840 e. The molecule has 4 heteroatoms. The summed E-state index contributed by atoms with van der Waals surface area (Å²) in [5.41, 5.74) is 0. The standard InChI is InChI=1S/C3H8ClNO.ClH/c1-3(4)2-6-5;/h3H,2,5H2,1H3;1H. The largest absolute Gasteiger partial charge is 0.303 e. The minimum Gasteiger partial charge on any atom is -0.303 e. The summed E-state index contributed by atoms with van der Waals surface area (Å²) in [6.07, 6.45) is 0. The van der Waals surface area contributed by atoms with Crippen LogP contribution >= 0.6 is 24.0 Å². The van der Waals surface area contributed by atoms with E-state index in [0.29, 0.717) is 6.61 Å². The molecule has 0 saturated heterocycles. The summed E-state index contributed by atoms with van der Waals surface area (Å²) in [6, 6.07) is 0. The van der Waals surface area contributed by atoms with Crippen molar-refractivity contribution in [1.82, 2.24) is 0 Å². The first kappa shape index (κ1) is 10.5. The molecule has 0 aromatic heterocycles. The minimum atomic E-state index is 0. The third-order valence-corrected chi connectivity index (χ3v) is 0.452. The van der Waals surface area contributed by atoms with Gasteiger partial charge in [-0.15, -0.1) is 24.0 Å². The lowest BCUT2D eigenvalue weighted by molar-refractivity contribution is 0.141. The molecule has 0 saturated carbocycles. The van der Waals surface area contributed by atoms with Gasteiger partial charge >= 0.3 is 0 Å². The second kappa shape index (κ2) is 6.50. The molecule has 46 valence electrons. The highest BCUT2D eigenvalue weighted by atomic mass is 35.5. The molecule has 0 aliphatic heterocycles. The number of halogens is 2. The van der Waals surface area contributed by atoms with E-state index in [1.807, 2.05) is 6.92 Å². The number of nitrogens with two attached hydrogens (primary N) is 1. The van der Waals surface area contributed by atoms with Crippen molar-refractivity contribution in [3.63, 3.8) is 0 Å². The van der Waals surface area contributed by atoms with Crippen LogP contribution in [0.3, 0.4) is 0 Å². The van der Waals surface area contributed by atoms with Gasteiger partial charge < -0.3 is 4.84 Å². The molecule has 7 heavy (non-hydrogen) atoms. The van der Waals surface area contributed by atoms with Gasteiger partial charge in [0.25, 0.3) is 0 Å². The molecule has 0 rings (SSSR count). The van der Waals surface area contributed by atoms with Crippen molar-refractivity contribution in [3.8, 4) is 0 Å². The second-order valence-corrected chi connectivity index (χ2v) is 1.86. The zero-order chi connectivity index (χ0) is 4.99. The molecule has 0 aromatic carbocycles. The van der Waals surface area contributed by atoms with Crippen LogP contribution in [0.5, 0.6) is 0 Å². The van der Waals surface area contributed by atoms with Crippen molar-refractivity contribution in [3.05, 3.63) is 0 Å². The van der Waals surface area contributed by atoms with Crippen molar-refractivity contribution in [2.24, 2.45) is 5.90 Å². The van der Waals surface area contributed by atoms with Crippen LogP contribution in [0.1, 0.15) is 6.92 Å². The Bertz CT molecular complexity index is 34.1. The van der Waals surface area contributed by atoms with E-state index in [2.05, 4.69) is 10.7 Å². The molecule has 0 bridgehead atoms. The smallest absolute Gasteiger partial charge is 0.0840 e. The molecule has 0 radical (unpaired) electrons. The summed E-state index contributed by atoms with van der Waals surface area (Å²) in [5.74, 6) is 4.64. The molecule has 2 N–H and O–H groups in total. The van der Waals surface area contributed by atoms with Crippen molar-refractivity contribution < 1.29 is 4.84 Å². The van der Waals surface area contributed by atoms with Crippen molar-refractivity contribution in [2.75, 3.05) is 6.61 Å². The van der Waals surface area contributed by atoms with Gasteiger partial charge in [-0.05, 0) is 6.92 Å². The maximum absolute atomic E-state index is 5.37. The molecule has 1 atom stereocenters. The van der Waals surface area contributed by atoms with Crippen molar-refractivity contribution in [2.45, 2.75) is 12.3 Å². The molecular formula is C3H9Cl2NO. The Labute approximate surface area is 54.3 Å². The van der Waals surface area contributed by atoms with E-state index in [1.54, 1.807) is 0 Å². The summed E-state index contributed by atoms with van der Waals surface area (Å²) >= 11 is 5.37. The highest BCUT2D eigenvalue weighted by Crippen LogP contribution is 1.89. The average molecular weight is 146 g/mol. The number of hydrogen-bond acceptors (Lipinski definition) is 2. The molecule has 1 unspecified atom stereocenters. The first-order valence-corrected chi connectivity index (χ1v) is 2.16. The molecule has 0 amide bonds. The van der Waals surface area contributed by atoms with Crippen molar-refractivity contribution >= 4 is 24.0 Å². The number of alkyl halides is 1. The summed E-state index contributed by atoms with van der Waals surface area (Å²) in [4.78, 5) is 4.17. The van der Waals surface area contributed by atoms with Gasteiger partial charge in [-0.25, -0.2) is 5.90 Å². The number of rotatable bonds is 2. The van der Waals surface area contributed by atoms with Gasteiger partial charge in [0.15, 0.2) is 0 Å². The Morgan fingerprint density at radius 1 is 1.86 bits per heavy atom. The lowest BCUT2D eigenvalue weighted by Gasteiger charge is -1.94. The fraction of sp³-hybridized carbons (Fsp3) is 1.00. The quantitative estimate of drug-likeness (QED) is 0.464. The molecule has 0 heterocycles. The summed E-state index contributed by atoms with van der Waals surface area (Å²) in [7, 11) is 0. The maximum atomic E-state index is 5.37. The summed E-state index contributed by atoms with van der Waals surface area (Å²) in [6.45, 7) is 2.23. The topological polar surface area (TPSA) is 35.2 Å². The minimum absolute atomic E-state index is 0. The van der Waals surface area contributed by atoms with Crippen LogP contribution < -0.4 is 5.90 Å². The average Bonchev–Trinajstić information content (AvgIpc) is 1.35. The van der Waals surface area contributed by atoms with Crippen LogP contribution in [-0.2, 0) is 4.84 Å². The van der Waals surface area contributed by atoms with E-state index in [-0.39, 0.29) is 17.8 Å². The van der Waals surface area contributed by atoms with E-state index in [1.165, 1.54) is 0 Å². The fourth-order valence-corrected chi connectivity index (χ4v) is 0.205. The Balaban J connectivity index is 0. The zero-order valence-electron chi connectivity index (χ0n) is 4.06. The second-order valence-electron chi connectivity index (χ2n) is 1.11. The van der Waals surface area contributed by atoms with Crippen LogP contribution in [0, 0.1) is 0 Å². The normalized spacial score (nSPS) is 12.4. The SMILES string of the molecule is CC(Cl)CON.Cl. The van der Waals surface area contributed by atoms with E-state index in [4.69, 9.17) is 11.6 Å². The highest BCUT2D eigenvalue weighted by molar-refractivity contribution is 6.20. The van der Waals surface area contributed by atoms with Crippen LogP contribution in [0.4, 0.5) is 0 Å². The zero-order valence-corrected chi connectivity index (χ0v) is 5.63. The Morgan fingerprint density at radius 2 is 2.29 bits per heavy atom. The van der Waals surface area contributed by atoms with Crippen molar-refractivity contribution in [1.29, 1.82) is 0 Å². The predicted octanol–water partition coefficient (Wildman–Crippen LogP) is 0.926. The Kier molecular flexibility index (Phi) is 9.73. The first-order chi connectivity index (χ1) is 2.77. The molecule has 2 nitrogen and oxygen atoms in total. The van der Waals surface area contributed by atoms with E-state index < -0.39 is 0 Å².